The molecule has 108 valence electrons. The fraction of sp³-hybridized carbons (Fsp3) is 0.0952. The van der Waals surface area contributed by atoms with Gasteiger partial charge in [0, 0.05) is 10.8 Å². The number of hydrogen-bond donors (Lipinski definition) is 0. The van der Waals surface area contributed by atoms with Gasteiger partial charge >= 0.3 is 0 Å². The predicted octanol–water partition coefficient (Wildman–Crippen LogP) is 5.69. The molecule has 0 unspecified atom stereocenters. The summed E-state index contributed by atoms with van der Waals surface area (Å²) in [4.78, 5) is 4.58. The summed E-state index contributed by atoms with van der Waals surface area (Å²) >= 11 is 0. The number of rotatable bonds is 0. The SMILES string of the molecule is Cc1ccccc1C.c1ccc2nc3ccccc3cc2c1. The largest absolute Gasteiger partial charge is 0.248 e. The van der Waals surface area contributed by atoms with Crippen LogP contribution in [0.4, 0.5) is 0 Å². The van der Waals surface area contributed by atoms with E-state index in [0.717, 1.165) is 11.0 Å². The molecule has 1 nitrogen and oxygen atoms in total. The quantitative estimate of drug-likeness (QED) is 0.378. The molecular formula is C21H19N. The molecule has 1 heterocycles. The van der Waals surface area contributed by atoms with E-state index >= 15 is 0 Å². The molecule has 0 N–H and O–H groups in total. The van der Waals surface area contributed by atoms with Crippen LogP contribution in [-0.4, -0.2) is 4.98 Å². The third-order valence-electron chi connectivity index (χ3n) is 3.85. The minimum absolute atomic E-state index is 1.06. The van der Waals surface area contributed by atoms with Gasteiger partial charge in [0.15, 0.2) is 0 Å². The first-order chi connectivity index (χ1) is 10.7. The van der Waals surface area contributed by atoms with E-state index in [1.54, 1.807) is 0 Å². The van der Waals surface area contributed by atoms with Gasteiger partial charge in [-0.2, -0.15) is 0 Å². The molecule has 1 aromatic heterocycles. The van der Waals surface area contributed by atoms with Crippen molar-refractivity contribution in [2.24, 2.45) is 0 Å². The normalized spacial score (nSPS) is 10.3. The van der Waals surface area contributed by atoms with Crippen molar-refractivity contribution < 1.29 is 0 Å². The molecule has 0 saturated heterocycles. The fourth-order valence-corrected chi connectivity index (χ4v) is 2.38. The zero-order valence-electron chi connectivity index (χ0n) is 13.0. The number of para-hydroxylation sites is 2. The van der Waals surface area contributed by atoms with Crippen LogP contribution in [0.3, 0.4) is 0 Å². The van der Waals surface area contributed by atoms with Crippen molar-refractivity contribution in [2.75, 3.05) is 0 Å². The fourth-order valence-electron chi connectivity index (χ4n) is 2.38. The molecule has 0 amide bonds. The molecule has 3 aromatic carbocycles. The Morgan fingerprint density at radius 1 is 0.545 bits per heavy atom. The van der Waals surface area contributed by atoms with Crippen LogP contribution in [0.5, 0.6) is 0 Å². The summed E-state index contributed by atoms with van der Waals surface area (Å²) < 4.78 is 0. The highest BCUT2D eigenvalue weighted by molar-refractivity contribution is 5.92. The number of benzene rings is 3. The summed E-state index contributed by atoms with van der Waals surface area (Å²) in [5.74, 6) is 0. The van der Waals surface area contributed by atoms with Crippen LogP contribution >= 0.6 is 0 Å². The van der Waals surface area contributed by atoms with Gasteiger partial charge in [-0.3, -0.25) is 0 Å². The Morgan fingerprint density at radius 3 is 1.41 bits per heavy atom. The lowest BCUT2D eigenvalue weighted by atomic mass is 10.1. The molecule has 4 aromatic rings. The zero-order valence-corrected chi connectivity index (χ0v) is 13.0. The van der Waals surface area contributed by atoms with Crippen LogP contribution in [0.25, 0.3) is 21.8 Å². The molecule has 0 aliphatic heterocycles. The van der Waals surface area contributed by atoms with Gasteiger partial charge in [-0.1, -0.05) is 60.7 Å². The molecule has 0 spiro atoms. The van der Waals surface area contributed by atoms with Crippen LogP contribution in [0, 0.1) is 13.8 Å². The van der Waals surface area contributed by atoms with Crippen molar-refractivity contribution in [1.29, 1.82) is 0 Å². The van der Waals surface area contributed by atoms with Crippen molar-refractivity contribution in [2.45, 2.75) is 13.8 Å². The first kappa shape index (κ1) is 14.3. The topological polar surface area (TPSA) is 12.9 Å². The van der Waals surface area contributed by atoms with Crippen LogP contribution in [0.2, 0.25) is 0 Å². The van der Waals surface area contributed by atoms with Gasteiger partial charge in [-0.25, -0.2) is 4.98 Å². The van der Waals surface area contributed by atoms with Crippen molar-refractivity contribution in [3.8, 4) is 0 Å². The van der Waals surface area contributed by atoms with Crippen LogP contribution in [0.15, 0.2) is 78.9 Å². The first-order valence-electron chi connectivity index (χ1n) is 7.51. The Labute approximate surface area is 131 Å². The monoisotopic (exact) mass is 285 g/mol. The zero-order chi connectivity index (χ0) is 15.4. The Kier molecular flexibility index (Phi) is 4.15. The molecular weight excluding hydrogens is 266 g/mol. The van der Waals surface area contributed by atoms with Gasteiger partial charge in [0.1, 0.15) is 0 Å². The molecule has 4 rings (SSSR count). The van der Waals surface area contributed by atoms with E-state index in [1.165, 1.54) is 21.9 Å². The standard InChI is InChI=1S/C13H9N.C8H10/c1-3-7-12-10(5-1)9-11-6-2-4-8-13(11)14-12;1-7-5-3-4-6-8(7)2/h1-9H;3-6H,1-2H3. The first-order valence-corrected chi connectivity index (χ1v) is 7.51. The smallest absolute Gasteiger partial charge is 0.0709 e. The van der Waals surface area contributed by atoms with Crippen molar-refractivity contribution in [3.63, 3.8) is 0 Å². The van der Waals surface area contributed by atoms with Gasteiger partial charge in [0.25, 0.3) is 0 Å². The molecule has 0 aliphatic rings. The highest BCUT2D eigenvalue weighted by Gasteiger charge is 1.96. The van der Waals surface area contributed by atoms with Crippen molar-refractivity contribution in [3.05, 3.63) is 90.0 Å². The van der Waals surface area contributed by atoms with E-state index in [1.807, 2.05) is 36.4 Å². The van der Waals surface area contributed by atoms with E-state index in [9.17, 15) is 0 Å². The van der Waals surface area contributed by atoms with Gasteiger partial charge in [0.2, 0.25) is 0 Å². The molecule has 0 fully saturated rings. The van der Waals surface area contributed by atoms with Gasteiger partial charge in [-0.15, -0.1) is 0 Å². The van der Waals surface area contributed by atoms with Crippen LogP contribution in [0.1, 0.15) is 11.1 Å². The van der Waals surface area contributed by atoms with Gasteiger partial charge < -0.3 is 0 Å². The highest BCUT2D eigenvalue weighted by atomic mass is 14.7. The highest BCUT2D eigenvalue weighted by Crippen LogP contribution is 2.18. The maximum Gasteiger partial charge on any atom is 0.0709 e. The molecule has 0 atom stereocenters. The van der Waals surface area contributed by atoms with Gasteiger partial charge in [0.05, 0.1) is 11.0 Å². The average Bonchev–Trinajstić information content (AvgIpc) is 2.56. The number of aromatic nitrogens is 1. The third-order valence-corrected chi connectivity index (χ3v) is 3.85. The number of nitrogens with zero attached hydrogens (tertiary/aromatic N) is 1. The molecule has 1 heteroatoms. The number of aryl methyl sites for hydroxylation is 2. The maximum atomic E-state index is 4.58. The Bertz CT molecular complexity index is 783. The van der Waals surface area contributed by atoms with E-state index in [2.05, 4.69) is 61.3 Å². The van der Waals surface area contributed by atoms with Gasteiger partial charge in [-0.05, 0) is 43.2 Å². The summed E-state index contributed by atoms with van der Waals surface area (Å²) in [7, 11) is 0. The molecule has 22 heavy (non-hydrogen) atoms. The lowest BCUT2D eigenvalue weighted by Gasteiger charge is -1.99. The molecule has 0 saturated carbocycles. The van der Waals surface area contributed by atoms with E-state index in [4.69, 9.17) is 0 Å². The van der Waals surface area contributed by atoms with Crippen LogP contribution in [-0.2, 0) is 0 Å². The third kappa shape index (κ3) is 3.15. The number of hydrogen-bond acceptors (Lipinski definition) is 1. The Hall–Kier alpha value is -2.67. The Morgan fingerprint density at radius 2 is 0.955 bits per heavy atom. The average molecular weight is 285 g/mol. The second kappa shape index (κ2) is 6.40. The minimum Gasteiger partial charge on any atom is -0.248 e. The predicted molar refractivity (Wildman–Crippen MR) is 95.2 cm³/mol. The minimum atomic E-state index is 1.06. The lowest BCUT2D eigenvalue weighted by Crippen LogP contribution is -1.80. The number of pyridine rings is 1. The summed E-state index contributed by atoms with van der Waals surface area (Å²) in [6, 6.07) is 26.9. The summed E-state index contributed by atoms with van der Waals surface area (Å²) in [6.07, 6.45) is 0. The van der Waals surface area contributed by atoms with E-state index in [0.29, 0.717) is 0 Å². The molecule has 0 radical (unpaired) electrons. The molecule has 0 bridgehead atoms. The molecule has 0 aliphatic carbocycles. The van der Waals surface area contributed by atoms with E-state index < -0.39 is 0 Å². The summed E-state index contributed by atoms with van der Waals surface area (Å²) in [6.45, 7) is 4.24. The maximum absolute atomic E-state index is 4.58. The summed E-state index contributed by atoms with van der Waals surface area (Å²) in [5, 5.41) is 2.40. The summed E-state index contributed by atoms with van der Waals surface area (Å²) in [5.41, 5.74) is 4.86. The second-order valence-corrected chi connectivity index (χ2v) is 5.46. The van der Waals surface area contributed by atoms with Crippen LogP contribution < -0.4 is 0 Å². The van der Waals surface area contributed by atoms with E-state index in [-0.39, 0.29) is 0 Å². The number of fused-ring (bicyclic) bond motifs is 2. The van der Waals surface area contributed by atoms with Crippen molar-refractivity contribution in [1.82, 2.24) is 4.98 Å². The van der Waals surface area contributed by atoms with Crippen molar-refractivity contribution >= 4 is 21.8 Å². The second-order valence-electron chi connectivity index (χ2n) is 5.46. The Balaban J connectivity index is 0.000000154. The lowest BCUT2D eigenvalue weighted by molar-refractivity contribution is 1.34.